The molecule has 30 heavy (non-hydrogen) atoms. The van der Waals surface area contributed by atoms with Gasteiger partial charge in [-0.15, -0.1) is 0 Å². The lowest BCUT2D eigenvalue weighted by atomic mass is 9.88. The first-order valence-electron chi connectivity index (χ1n) is 11.6. The van der Waals surface area contributed by atoms with Crippen LogP contribution < -0.4 is 5.32 Å². The molecule has 1 aliphatic carbocycles. The summed E-state index contributed by atoms with van der Waals surface area (Å²) in [5, 5.41) is 2.98. The molecule has 2 heterocycles. The topological polar surface area (TPSA) is 58.1 Å². The number of carbonyl (C=O) groups is 1. The molecular formula is C25H34N4O. The van der Waals surface area contributed by atoms with Crippen LogP contribution in [-0.2, 0) is 6.54 Å². The maximum atomic E-state index is 12.6. The highest BCUT2D eigenvalue weighted by Gasteiger charge is 2.26. The first-order chi connectivity index (χ1) is 14.7. The first kappa shape index (κ1) is 21.0. The van der Waals surface area contributed by atoms with E-state index in [9.17, 15) is 4.79 Å². The van der Waals surface area contributed by atoms with Gasteiger partial charge in [-0.2, -0.15) is 0 Å². The average molecular weight is 407 g/mol. The highest BCUT2D eigenvalue weighted by atomic mass is 16.1. The van der Waals surface area contributed by atoms with Crippen LogP contribution in [0, 0.1) is 12.8 Å². The van der Waals surface area contributed by atoms with Gasteiger partial charge in [-0.05, 0) is 50.6 Å². The third-order valence-electron chi connectivity index (χ3n) is 6.65. The standard InChI is InChI=1S/C25H34N4O/c1-19-23(25(30)27-15-20-9-4-2-5-10-20)16-26-24(28-19)22-13-8-14-29(18-22)17-21-11-6-3-7-12-21/h2,4-5,9-10,16,21-22H,3,6-8,11-15,17-18H2,1H3,(H,27,30). The lowest BCUT2D eigenvalue weighted by Gasteiger charge is -2.35. The van der Waals surface area contributed by atoms with Gasteiger partial charge >= 0.3 is 0 Å². The summed E-state index contributed by atoms with van der Waals surface area (Å²) >= 11 is 0. The van der Waals surface area contributed by atoms with E-state index < -0.39 is 0 Å². The van der Waals surface area contributed by atoms with E-state index in [1.807, 2.05) is 37.3 Å². The van der Waals surface area contributed by atoms with Crippen LogP contribution in [0.2, 0.25) is 0 Å². The minimum atomic E-state index is -0.106. The van der Waals surface area contributed by atoms with Crippen LogP contribution in [-0.4, -0.2) is 40.4 Å². The number of hydrogen-bond donors (Lipinski definition) is 1. The Labute approximate surface area is 180 Å². The number of aryl methyl sites for hydroxylation is 1. The van der Waals surface area contributed by atoms with Gasteiger partial charge in [0.25, 0.3) is 5.91 Å². The van der Waals surface area contributed by atoms with Crippen molar-refractivity contribution >= 4 is 5.91 Å². The fourth-order valence-electron chi connectivity index (χ4n) is 4.95. The monoisotopic (exact) mass is 406 g/mol. The maximum absolute atomic E-state index is 12.6. The number of benzene rings is 1. The number of likely N-dealkylation sites (tertiary alicyclic amines) is 1. The number of amides is 1. The van der Waals surface area contributed by atoms with E-state index in [2.05, 4.69) is 15.2 Å². The van der Waals surface area contributed by atoms with Crippen molar-refractivity contribution in [3.63, 3.8) is 0 Å². The van der Waals surface area contributed by atoms with E-state index in [1.54, 1.807) is 6.20 Å². The molecule has 5 heteroatoms. The maximum Gasteiger partial charge on any atom is 0.254 e. The Morgan fingerprint density at radius 2 is 1.90 bits per heavy atom. The van der Waals surface area contributed by atoms with E-state index in [0.717, 1.165) is 36.0 Å². The molecule has 1 aromatic heterocycles. The van der Waals surface area contributed by atoms with Gasteiger partial charge in [0.1, 0.15) is 5.82 Å². The van der Waals surface area contributed by atoms with Crippen molar-refractivity contribution in [3.05, 3.63) is 59.2 Å². The second kappa shape index (κ2) is 10.2. The van der Waals surface area contributed by atoms with E-state index in [4.69, 9.17) is 4.98 Å². The fourth-order valence-corrected chi connectivity index (χ4v) is 4.95. The Bertz CT molecular complexity index is 832. The molecule has 5 nitrogen and oxygen atoms in total. The molecule has 1 saturated heterocycles. The van der Waals surface area contributed by atoms with Gasteiger partial charge in [-0.1, -0.05) is 49.6 Å². The molecule has 0 radical (unpaired) electrons. The van der Waals surface area contributed by atoms with Gasteiger partial charge in [-0.3, -0.25) is 4.79 Å². The van der Waals surface area contributed by atoms with Crippen molar-refractivity contribution in [2.24, 2.45) is 5.92 Å². The minimum Gasteiger partial charge on any atom is -0.348 e. The summed E-state index contributed by atoms with van der Waals surface area (Å²) in [6.45, 7) is 5.92. The number of hydrogen-bond acceptors (Lipinski definition) is 4. The lowest BCUT2D eigenvalue weighted by Crippen LogP contribution is -2.38. The molecule has 1 atom stereocenters. The molecule has 160 valence electrons. The third kappa shape index (κ3) is 5.45. The second-order valence-electron chi connectivity index (χ2n) is 9.00. The van der Waals surface area contributed by atoms with Crippen molar-refractivity contribution in [1.29, 1.82) is 0 Å². The predicted molar refractivity (Wildman–Crippen MR) is 119 cm³/mol. The lowest BCUT2D eigenvalue weighted by molar-refractivity contribution is 0.0949. The third-order valence-corrected chi connectivity index (χ3v) is 6.65. The Kier molecular flexibility index (Phi) is 7.11. The number of carbonyl (C=O) groups excluding carboxylic acids is 1. The molecule has 1 unspecified atom stereocenters. The number of rotatable bonds is 6. The van der Waals surface area contributed by atoms with Crippen molar-refractivity contribution in [1.82, 2.24) is 20.2 Å². The van der Waals surface area contributed by atoms with Crippen molar-refractivity contribution in [3.8, 4) is 0 Å². The van der Waals surface area contributed by atoms with Crippen LogP contribution in [0.3, 0.4) is 0 Å². The summed E-state index contributed by atoms with van der Waals surface area (Å²) in [6.07, 6.45) is 11.1. The number of nitrogens with one attached hydrogen (secondary N) is 1. The van der Waals surface area contributed by atoms with Gasteiger partial charge in [0.2, 0.25) is 0 Å². The van der Waals surface area contributed by atoms with Crippen LogP contribution >= 0.6 is 0 Å². The summed E-state index contributed by atoms with van der Waals surface area (Å²) in [5.41, 5.74) is 2.43. The molecule has 0 spiro atoms. The number of nitrogens with zero attached hydrogens (tertiary/aromatic N) is 3. The normalized spacial score (nSPS) is 20.8. The summed E-state index contributed by atoms with van der Waals surface area (Å²) in [6, 6.07) is 9.95. The van der Waals surface area contributed by atoms with E-state index in [-0.39, 0.29) is 5.91 Å². The molecular weight excluding hydrogens is 372 g/mol. The van der Waals surface area contributed by atoms with Gasteiger partial charge < -0.3 is 10.2 Å². The Hall–Kier alpha value is -2.27. The van der Waals surface area contributed by atoms with Gasteiger partial charge in [0, 0.05) is 31.7 Å². The first-order valence-corrected chi connectivity index (χ1v) is 11.6. The van der Waals surface area contributed by atoms with E-state index in [0.29, 0.717) is 18.0 Å². The van der Waals surface area contributed by atoms with Crippen LogP contribution in [0.5, 0.6) is 0 Å². The van der Waals surface area contributed by atoms with Crippen LogP contribution in [0.1, 0.15) is 78.3 Å². The van der Waals surface area contributed by atoms with Crippen LogP contribution in [0.25, 0.3) is 0 Å². The summed E-state index contributed by atoms with van der Waals surface area (Å²) in [7, 11) is 0. The SMILES string of the molecule is Cc1nc(C2CCCN(CC3CCCCC3)C2)ncc1C(=O)NCc1ccccc1. The van der Waals surface area contributed by atoms with Crippen LogP contribution in [0.4, 0.5) is 0 Å². The van der Waals surface area contributed by atoms with Crippen molar-refractivity contribution < 1.29 is 4.79 Å². The molecule has 2 aliphatic rings. The zero-order valence-electron chi connectivity index (χ0n) is 18.1. The van der Waals surface area contributed by atoms with E-state index >= 15 is 0 Å². The number of piperidine rings is 1. The van der Waals surface area contributed by atoms with Crippen LogP contribution in [0.15, 0.2) is 36.5 Å². The van der Waals surface area contributed by atoms with Gasteiger partial charge in [-0.25, -0.2) is 9.97 Å². The zero-order valence-corrected chi connectivity index (χ0v) is 18.1. The molecule has 2 aromatic rings. The molecule has 1 aliphatic heterocycles. The molecule has 1 N–H and O–H groups in total. The van der Waals surface area contributed by atoms with Gasteiger partial charge in [0.15, 0.2) is 0 Å². The molecule has 2 fully saturated rings. The Morgan fingerprint density at radius 1 is 1.10 bits per heavy atom. The Morgan fingerprint density at radius 3 is 2.67 bits per heavy atom. The molecule has 4 rings (SSSR count). The summed E-state index contributed by atoms with van der Waals surface area (Å²) in [4.78, 5) is 24.6. The van der Waals surface area contributed by atoms with Crippen molar-refractivity contribution in [2.75, 3.05) is 19.6 Å². The zero-order chi connectivity index (χ0) is 20.8. The van der Waals surface area contributed by atoms with Gasteiger partial charge in [0.05, 0.1) is 11.3 Å². The summed E-state index contributed by atoms with van der Waals surface area (Å²) < 4.78 is 0. The predicted octanol–water partition coefficient (Wildman–Crippen LogP) is 4.47. The van der Waals surface area contributed by atoms with Crippen molar-refractivity contribution in [2.45, 2.75) is 64.3 Å². The minimum absolute atomic E-state index is 0.106. The Balaban J connectivity index is 1.35. The molecule has 1 amide bonds. The quantitative estimate of drug-likeness (QED) is 0.769. The highest BCUT2D eigenvalue weighted by molar-refractivity contribution is 5.94. The molecule has 1 aromatic carbocycles. The fraction of sp³-hybridized carbons (Fsp3) is 0.560. The second-order valence-corrected chi connectivity index (χ2v) is 9.00. The summed E-state index contributed by atoms with van der Waals surface area (Å²) in [5.74, 6) is 2.05. The number of aromatic nitrogens is 2. The highest BCUT2D eigenvalue weighted by Crippen LogP contribution is 2.29. The van der Waals surface area contributed by atoms with E-state index in [1.165, 1.54) is 51.6 Å². The smallest absolute Gasteiger partial charge is 0.254 e. The molecule has 1 saturated carbocycles. The largest absolute Gasteiger partial charge is 0.348 e. The molecule has 0 bridgehead atoms. The average Bonchev–Trinajstić information content (AvgIpc) is 2.79.